The summed E-state index contributed by atoms with van der Waals surface area (Å²) in [5.74, 6) is 0.280. The van der Waals surface area contributed by atoms with Gasteiger partial charge in [0.05, 0.1) is 0 Å². The van der Waals surface area contributed by atoms with Crippen LogP contribution in [0.2, 0.25) is 0 Å². The summed E-state index contributed by atoms with van der Waals surface area (Å²) in [5, 5.41) is 0. The summed E-state index contributed by atoms with van der Waals surface area (Å²) in [6, 6.07) is 7.52. The van der Waals surface area contributed by atoms with Crippen LogP contribution in [-0.2, 0) is 16.0 Å². The van der Waals surface area contributed by atoms with Gasteiger partial charge >= 0.3 is 5.97 Å². The highest BCUT2D eigenvalue weighted by Crippen LogP contribution is 2.18. The maximum atomic E-state index is 11.3. The summed E-state index contributed by atoms with van der Waals surface area (Å²) in [6.45, 7) is 4.39. The smallest absolute Gasteiger partial charge is 0.337 e. The van der Waals surface area contributed by atoms with Crippen LogP contribution in [0.5, 0.6) is 5.75 Å². The van der Waals surface area contributed by atoms with Gasteiger partial charge < -0.3 is 9.47 Å². The predicted molar refractivity (Wildman–Crippen MR) is 57.9 cm³/mol. The Bertz CT molecular complexity index is 320. The Morgan fingerprint density at radius 2 is 2.00 bits per heavy atom. The molecule has 0 N–H and O–H groups in total. The Balaban J connectivity index is 2.59. The van der Waals surface area contributed by atoms with Crippen molar-refractivity contribution in [1.29, 1.82) is 0 Å². The van der Waals surface area contributed by atoms with Gasteiger partial charge in [-0.05, 0) is 25.0 Å². The third-order valence-electron chi connectivity index (χ3n) is 2.00. The molecule has 0 fully saturated rings. The van der Waals surface area contributed by atoms with E-state index in [0.29, 0.717) is 12.4 Å². The summed E-state index contributed by atoms with van der Waals surface area (Å²) in [5.41, 5.74) is 1.03. The maximum absolute atomic E-state index is 11.3. The number of carbonyl (C=O) groups is 1. The lowest BCUT2D eigenvalue weighted by atomic mass is 10.1. The van der Waals surface area contributed by atoms with Gasteiger partial charge in [-0.2, -0.15) is 0 Å². The molecule has 1 aromatic carbocycles. The van der Waals surface area contributed by atoms with Crippen LogP contribution < -0.4 is 4.74 Å². The largest absolute Gasteiger partial charge is 0.425 e. The van der Waals surface area contributed by atoms with Crippen LogP contribution in [0, 0.1) is 0 Å². The fraction of sp³-hybridized carbons (Fsp3) is 0.417. The summed E-state index contributed by atoms with van der Waals surface area (Å²) in [6.07, 6.45) is 0.845. The molecule has 0 atom stereocenters. The molecule has 3 nitrogen and oxygen atoms in total. The quantitative estimate of drug-likeness (QED) is 0.549. The highest BCUT2D eigenvalue weighted by molar-refractivity contribution is 5.74. The number of ether oxygens (including phenoxy) is 2. The van der Waals surface area contributed by atoms with E-state index in [4.69, 9.17) is 9.47 Å². The lowest BCUT2D eigenvalue weighted by Crippen LogP contribution is -2.16. The number of carbonyl (C=O) groups excluding carboxylic acids is 1. The first-order chi connectivity index (χ1) is 7.27. The van der Waals surface area contributed by atoms with E-state index in [1.165, 1.54) is 0 Å². The second-order valence-corrected chi connectivity index (χ2v) is 3.07. The van der Waals surface area contributed by atoms with Gasteiger partial charge in [-0.1, -0.05) is 25.1 Å². The van der Waals surface area contributed by atoms with E-state index in [0.717, 1.165) is 12.0 Å². The zero-order valence-electron chi connectivity index (χ0n) is 9.16. The minimum atomic E-state index is -0.349. The molecule has 0 unspecified atom stereocenters. The third kappa shape index (κ3) is 3.72. The van der Waals surface area contributed by atoms with Crippen molar-refractivity contribution in [1.82, 2.24) is 0 Å². The number of para-hydroxylation sites is 1. The van der Waals surface area contributed by atoms with E-state index in [-0.39, 0.29) is 12.6 Å². The van der Waals surface area contributed by atoms with Crippen molar-refractivity contribution >= 4 is 5.97 Å². The minimum Gasteiger partial charge on any atom is -0.425 e. The van der Waals surface area contributed by atoms with Crippen LogP contribution in [0.1, 0.15) is 19.4 Å². The van der Waals surface area contributed by atoms with Gasteiger partial charge in [0.2, 0.25) is 0 Å². The normalized spacial score (nSPS) is 10.0. The van der Waals surface area contributed by atoms with Crippen molar-refractivity contribution < 1.29 is 14.3 Å². The molecule has 0 aliphatic carbocycles. The summed E-state index contributed by atoms with van der Waals surface area (Å²) < 4.78 is 10.1. The Morgan fingerprint density at radius 1 is 1.27 bits per heavy atom. The Labute approximate surface area is 90.0 Å². The first-order valence-corrected chi connectivity index (χ1v) is 5.14. The second kappa shape index (κ2) is 6.19. The molecule has 0 amide bonds. The Morgan fingerprint density at radius 3 is 2.67 bits per heavy atom. The van der Waals surface area contributed by atoms with E-state index < -0.39 is 0 Å². The van der Waals surface area contributed by atoms with Crippen molar-refractivity contribution in [3.63, 3.8) is 0 Å². The Hall–Kier alpha value is -1.35. The van der Waals surface area contributed by atoms with Crippen LogP contribution in [-0.4, -0.2) is 19.2 Å². The molecule has 0 bridgehead atoms. The average Bonchev–Trinajstić information content (AvgIpc) is 2.27. The number of rotatable bonds is 5. The molecule has 0 aliphatic rings. The van der Waals surface area contributed by atoms with Crippen molar-refractivity contribution in [3.8, 4) is 5.75 Å². The molecule has 0 saturated heterocycles. The van der Waals surface area contributed by atoms with Crippen LogP contribution in [0.25, 0.3) is 0 Å². The van der Waals surface area contributed by atoms with Crippen LogP contribution in [0.15, 0.2) is 24.3 Å². The van der Waals surface area contributed by atoms with E-state index in [1.807, 2.05) is 32.0 Å². The number of aryl methyl sites for hydroxylation is 1. The zero-order valence-corrected chi connectivity index (χ0v) is 9.16. The highest BCUT2D eigenvalue weighted by atomic mass is 16.6. The predicted octanol–water partition coefficient (Wildman–Crippen LogP) is 2.19. The topological polar surface area (TPSA) is 35.5 Å². The summed E-state index contributed by atoms with van der Waals surface area (Å²) in [7, 11) is 0. The second-order valence-electron chi connectivity index (χ2n) is 3.07. The number of hydrogen-bond acceptors (Lipinski definition) is 3. The van der Waals surface area contributed by atoms with E-state index in [9.17, 15) is 4.79 Å². The van der Waals surface area contributed by atoms with Crippen LogP contribution >= 0.6 is 0 Å². The molecule has 0 aliphatic heterocycles. The molecule has 0 spiro atoms. The van der Waals surface area contributed by atoms with Crippen molar-refractivity contribution in [2.45, 2.75) is 20.3 Å². The molecule has 1 aromatic rings. The van der Waals surface area contributed by atoms with E-state index in [2.05, 4.69) is 0 Å². The fourth-order valence-electron chi connectivity index (χ4n) is 1.23. The molecule has 1 rings (SSSR count). The van der Waals surface area contributed by atoms with Gasteiger partial charge in [0.15, 0.2) is 0 Å². The zero-order chi connectivity index (χ0) is 11.1. The standard InChI is InChI=1S/C12H16O3/c1-3-10-7-5-6-8-11(10)15-12(13)9-14-4-2/h5-8H,3-4,9H2,1-2H3. The molecule has 15 heavy (non-hydrogen) atoms. The molecule has 0 aromatic heterocycles. The number of esters is 1. The molecular formula is C12H16O3. The summed E-state index contributed by atoms with van der Waals surface area (Å²) >= 11 is 0. The average molecular weight is 208 g/mol. The van der Waals surface area contributed by atoms with Crippen molar-refractivity contribution in [2.75, 3.05) is 13.2 Å². The first kappa shape index (κ1) is 11.7. The lowest BCUT2D eigenvalue weighted by molar-refractivity contribution is -0.139. The SMILES string of the molecule is CCOCC(=O)Oc1ccccc1CC. The highest BCUT2D eigenvalue weighted by Gasteiger charge is 2.07. The molecule has 0 heterocycles. The van der Waals surface area contributed by atoms with Crippen molar-refractivity contribution in [2.24, 2.45) is 0 Å². The first-order valence-electron chi connectivity index (χ1n) is 5.14. The molecule has 82 valence electrons. The molecule has 0 saturated carbocycles. The van der Waals surface area contributed by atoms with Crippen LogP contribution in [0.4, 0.5) is 0 Å². The van der Waals surface area contributed by atoms with Gasteiger partial charge in [0.25, 0.3) is 0 Å². The van der Waals surface area contributed by atoms with Gasteiger partial charge in [-0.15, -0.1) is 0 Å². The van der Waals surface area contributed by atoms with Gasteiger partial charge in [-0.25, -0.2) is 4.79 Å². The van der Waals surface area contributed by atoms with Crippen molar-refractivity contribution in [3.05, 3.63) is 29.8 Å². The monoisotopic (exact) mass is 208 g/mol. The molecular weight excluding hydrogens is 192 g/mol. The Kier molecular flexibility index (Phi) is 4.84. The third-order valence-corrected chi connectivity index (χ3v) is 2.00. The molecule has 0 radical (unpaired) electrons. The lowest BCUT2D eigenvalue weighted by Gasteiger charge is -2.08. The van der Waals surface area contributed by atoms with Gasteiger partial charge in [0, 0.05) is 6.61 Å². The van der Waals surface area contributed by atoms with Gasteiger partial charge in [-0.3, -0.25) is 0 Å². The van der Waals surface area contributed by atoms with Gasteiger partial charge in [0.1, 0.15) is 12.4 Å². The number of hydrogen-bond donors (Lipinski definition) is 0. The fourth-order valence-corrected chi connectivity index (χ4v) is 1.23. The van der Waals surface area contributed by atoms with Crippen LogP contribution in [0.3, 0.4) is 0 Å². The number of benzene rings is 1. The molecule has 3 heteroatoms. The maximum Gasteiger partial charge on any atom is 0.337 e. The minimum absolute atomic E-state index is 0.00848. The summed E-state index contributed by atoms with van der Waals surface area (Å²) in [4.78, 5) is 11.3. The van der Waals surface area contributed by atoms with E-state index >= 15 is 0 Å². The van der Waals surface area contributed by atoms with E-state index in [1.54, 1.807) is 6.07 Å².